The molecule has 0 atom stereocenters. The van der Waals surface area contributed by atoms with Crippen LogP contribution in [0.25, 0.3) is 0 Å². The molecule has 1 fully saturated rings. The van der Waals surface area contributed by atoms with Gasteiger partial charge < -0.3 is 15.3 Å². The number of aliphatic carboxylic acids is 1. The van der Waals surface area contributed by atoms with E-state index >= 15 is 0 Å². The van der Waals surface area contributed by atoms with Gasteiger partial charge in [0.1, 0.15) is 0 Å². The van der Waals surface area contributed by atoms with Crippen LogP contribution in [0.5, 0.6) is 0 Å². The van der Waals surface area contributed by atoms with Crippen molar-refractivity contribution < 1.29 is 14.7 Å². The zero-order valence-corrected chi connectivity index (χ0v) is 11.1. The van der Waals surface area contributed by atoms with Gasteiger partial charge in [0.05, 0.1) is 6.42 Å². The first-order valence-corrected chi connectivity index (χ1v) is 6.41. The zero-order chi connectivity index (χ0) is 13.8. The number of amides is 2. The fraction of sp³-hybridized carbons (Fsp3) is 0.385. The number of hydrogen-bond donors (Lipinski definition) is 2. The number of likely N-dealkylation sites (tertiary alicyclic amines) is 1. The Bertz CT molecular complexity index is 469. The van der Waals surface area contributed by atoms with E-state index in [1.165, 1.54) is 0 Å². The summed E-state index contributed by atoms with van der Waals surface area (Å²) in [5, 5.41) is 12.1. The number of nitrogens with zero attached hydrogens (tertiary/aromatic N) is 1. The lowest BCUT2D eigenvalue weighted by atomic mass is 9.97. The van der Waals surface area contributed by atoms with Crippen molar-refractivity contribution in [2.24, 2.45) is 5.92 Å². The van der Waals surface area contributed by atoms with E-state index in [0.717, 1.165) is 5.56 Å². The highest BCUT2D eigenvalue weighted by molar-refractivity contribution is 6.30. The topological polar surface area (TPSA) is 69.6 Å². The van der Waals surface area contributed by atoms with Gasteiger partial charge in [-0.25, -0.2) is 4.79 Å². The minimum Gasteiger partial charge on any atom is -0.481 e. The molecule has 0 bridgehead atoms. The molecule has 0 radical (unpaired) electrons. The maximum Gasteiger partial charge on any atom is 0.317 e. The van der Waals surface area contributed by atoms with Gasteiger partial charge in [-0.1, -0.05) is 23.7 Å². The van der Waals surface area contributed by atoms with Crippen LogP contribution in [0.4, 0.5) is 4.79 Å². The summed E-state index contributed by atoms with van der Waals surface area (Å²) < 4.78 is 0. The van der Waals surface area contributed by atoms with Crippen molar-refractivity contribution >= 4 is 23.6 Å². The first-order valence-electron chi connectivity index (χ1n) is 6.03. The predicted octanol–water partition coefficient (Wildman–Crippen LogP) is 1.96. The molecule has 2 amide bonds. The highest BCUT2D eigenvalue weighted by Crippen LogP contribution is 2.19. The normalized spacial score (nSPS) is 14.9. The molecular formula is C13H15ClN2O3. The fourth-order valence-corrected chi connectivity index (χ4v) is 2.13. The van der Waals surface area contributed by atoms with Crippen molar-refractivity contribution in [2.45, 2.75) is 13.0 Å². The van der Waals surface area contributed by atoms with E-state index in [0.29, 0.717) is 24.7 Å². The van der Waals surface area contributed by atoms with Crippen LogP contribution in [0.2, 0.25) is 5.02 Å². The van der Waals surface area contributed by atoms with Crippen LogP contribution in [-0.4, -0.2) is 35.1 Å². The van der Waals surface area contributed by atoms with E-state index in [1.807, 2.05) is 12.1 Å². The molecule has 0 aliphatic carbocycles. The van der Waals surface area contributed by atoms with Crippen LogP contribution in [0.15, 0.2) is 24.3 Å². The Morgan fingerprint density at radius 3 is 2.53 bits per heavy atom. The molecule has 102 valence electrons. The molecule has 0 aromatic heterocycles. The van der Waals surface area contributed by atoms with Crippen LogP contribution in [0.3, 0.4) is 0 Å². The molecule has 1 aliphatic rings. The van der Waals surface area contributed by atoms with Crippen molar-refractivity contribution in [1.82, 2.24) is 10.2 Å². The summed E-state index contributed by atoms with van der Waals surface area (Å²) in [5.41, 5.74) is 0.973. The number of nitrogens with one attached hydrogen (secondary N) is 1. The third kappa shape index (κ3) is 3.86. The Balaban J connectivity index is 1.71. The molecule has 1 aromatic rings. The number of carbonyl (C=O) groups excluding carboxylic acids is 1. The Morgan fingerprint density at radius 1 is 1.32 bits per heavy atom. The van der Waals surface area contributed by atoms with Crippen molar-refractivity contribution in [3.05, 3.63) is 34.9 Å². The first kappa shape index (κ1) is 13.7. The summed E-state index contributed by atoms with van der Waals surface area (Å²) in [7, 11) is 0. The first-order chi connectivity index (χ1) is 9.04. The van der Waals surface area contributed by atoms with Crippen molar-refractivity contribution in [1.29, 1.82) is 0 Å². The van der Waals surface area contributed by atoms with Gasteiger partial charge in [0, 0.05) is 30.6 Å². The SMILES string of the molecule is O=C(O)CC1CN(C(=O)NCc2ccc(Cl)cc2)C1. The molecular weight excluding hydrogens is 268 g/mol. The molecule has 0 unspecified atom stereocenters. The lowest BCUT2D eigenvalue weighted by Crippen LogP contribution is -2.54. The number of halogens is 1. The predicted molar refractivity (Wildman–Crippen MR) is 71.0 cm³/mol. The maximum absolute atomic E-state index is 11.7. The van der Waals surface area contributed by atoms with E-state index in [1.54, 1.807) is 17.0 Å². The zero-order valence-electron chi connectivity index (χ0n) is 10.3. The lowest BCUT2D eigenvalue weighted by molar-refractivity contribution is -0.139. The quantitative estimate of drug-likeness (QED) is 0.887. The molecule has 1 saturated heterocycles. The van der Waals surface area contributed by atoms with Gasteiger partial charge in [0.2, 0.25) is 0 Å². The van der Waals surface area contributed by atoms with E-state index in [9.17, 15) is 9.59 Å². The smallest absolute Gasteiger partial charge is 0.317 e. The number of benzene rings is 1. The Morgan fingerprint density at radius 2 is 1.95 bits per heavy atom. The van der Waals surface area contributed by atoms with Crippen molar-refractivity contribution in [3.63, 3.8) is 0 Å². The highest BCUT2D eigenvalue weighted by atomic mass is 35.5. The minimum absolute atomic E-state index is 0.0822. The second kappa shape index (κ2) is 5.93. The molecule has 0 saturated carbocycles. The van der Waals surface area contributed by atoms with Crippen LogP contribution in [-0.2, 0) is 11.3 Å². The largest absolute Gasteiger partial charge is 0.481 e. The minimum atomic E-state index is -0.814. The monoisotopic (exact) mass is 282 g/mol. The fourth-order valence-electron chi connectivity index (χ4n) is 2.00. The summed E-state index contributed by atoms with van der Waals surface area (Å²) >= 11 is 5.77. The number of carboxylic acid groups (broad SMARTS) is 1. The van der Waals surface area contributed by atoms with Gasteiger partial charge in [-0.3, -0.25) is 4.79 Å². The number of rotatable bonds is 4. The average molecular weight is 283 g/mol. The van der Waals surface area contributed by atoms with Crippen LogP contribution in [0, 0.1) is 5.92 Å². The number of carbonyl (C=O) groups is 2. The second-order valence-electron chi connectivity index (χ2n) is 4.65. The third-order valence-electron chi connectivity index (χ3n) is 3.06. The third-order valence-corrected chi connectivity index (χ3v) is 3.32. The average Bonchev–Trinajstić information content (AvgIpc) is 2.32. The Labute approximate surface area is 116 Å². The summed E-state index contributed by atoms with van der Waals surface area (Å²) in [6.07, 6.45) is 0.126. The Kier molecular flexibility index (Phi) is 4.27. The summed E-state index contributed by atoms with van der Waals surface area (Å²) in [5.74, 6) is -0.731. The van der Waals surface area contributed by atoms with Gasteiger partial charge in [0.25, 0.3) is 0 Å². The lowest BCUT2D eigenvalue weighted by Gasteiger charge is -2.38. The molecule has 6 heteroatoms. The standard InChI is InChI=1S/C13H15ClN2O3/c14-11-3-1-9(2-4-11)6-15-13(19)16-7-10(8-16)5-12(17)18/h1-4,10H,5-8H2,(H,15,19)(H,17,18). The molecule has 2 rings (SSSR count). The van der Waals surface area contributed by atoms with Crippen molar-refractivity contribution in [2.75, 3.05) is 13.1 Å². The summed E-state index contributed by atoms with van der Waals surface area (Å²) in [6.45, 7) is 1.47. The molecule has 1 aliphatic heterocycles. The van der Waals surface area contributed by atoms with Gasteiger partial charge in [0.15, 0.2) is 0 Å². The summed E-state index contributed by atoms with van der Waals surface area (Å²) in [4.78, 5) is 23.8. The maximum atomic E-state index is 11.7. The van der Waals surface area contributed by atoms with Crippen LogP contribution < -0.4 is 5.32 Å². The molecule has 0 spiro atoms. The molecule has 2 N–H and O–H groups in total. The van der Waals surface area contributed by atoms with Gasteiger partial charge in [-0.2, -0.15) is 0 Å². The number of carboxylic acids is 1. The number of urea groups is 1. The molecule has 1 aromatic carbocycles. The summed E-state index contributed by atoms with van der Waals surface area (Å²) in [6, 6.07) is 7.10. The second-order valence-corrected chi connectivity index (χ2v) is 5.09. The molecule has 1 heterocycles. The van der Waals surface area contributed by atoms with Gasteiger partial charge in [-0.05, 0) is 17.7 Å². The molecule has 19 heavy (non-hydrogen) atoms. The van der Waals surface area contributed by atoms with E-state index < -0.39 is 5.97 Å². The number of hydrogen-bond acceptors (Lipinski definition) is 2. The van der Waals surface area contributed by atoms with E-state index in [-0.39, 0.29) is 18.4 Å². The van der Waals surface area contributed by atoms with Crippen LogP contribution in [0.1, 0.15) is 12.0 Å². The van der Waals surface area contributed by atoms with Gasteiger partial charge in [-0.15, -0.1) is 0 Å². The highest BCUT2D eigenvalue weighted by Gasteiger charge is 2.31. The Hall–Kier alpha value is -1.75. The van der Waals surface area contributed by atoms with E-state index in [2.05, 4.69) is 5.32 Å². The van der Waals surface area contributed by atoms with Gasteiger partial charge >= 0.3 is 12.0 Å². The van der Waals surface area contributed by atoms with Crippen molar-refractivity contribution in [3.8, 4) is 0 Å². The molecule has 5 nitrogen and oxygen atoms in total. The van der Waals surface area contributed by atoms with Crippen LogP contribution >= 0.6 is 11.6 Å². The van der Waals surface area contributed by atoms with E-state index in [4.69, 9.17) is 16.7 Å².